The fraction of sp³-hybridized carbons (Fsp3) is 0.778. The fourth-order valence-corrected chi connectivity index (χ4v) is 1.65. The van der Waals surface area contributed by atoms with E-state index in [0.717, 1.165) is 25.9 Å². The molecule has 5 heteroatoms. The lowest BCUT2D eigenvalue weighted by Gasteiger charge is -2.34. The largest absolute Gasteiger partial charge is 0.390 e. The summed E-state index contributed by atoms with van der Waals surface area (Å²) in [5, 5.41) is 13.3. The van der Waals surface area contributed by atoms with Crippen molar-refractivity contribution in [3.63, 3.8) is 0 Å². The van der Waals surface area contributed by atoms with E-state index in [2.05, 4.69) is 15.0 Å². The fourth-order valence-electron chi connectivity index (χ4n) is 1.65. The summed E-state index contributed by atoms with van der Waals surface area (Å²) in [6.45, 7) is 4.35. The number of rotatable bonds is 2. The van der Waals surface area contributed by atoms with Gasteiger partial charge in [-0.2, -0.15) is 4.98 Å². The van der Waals surface area contributed by atoms with Crippen molar-refractivity contribution in [2.24, 2.45) is 0 Å². The highest BCUT2D eigenvalue weighted by molar-refractivity contribution is 4.84. The smallest absolute Gasteiger partial charge is 0.240 e. The van der Waals surface area contributed by atoms with E-state index < -0.39 is 5.60 Å². The minimum Gasteiger partial charge on any atom is -0.390 e. The molecule has 5 nitrogen and oxygen atoms in total. The number of piperidine rings is 1. The molecule has 1 aromatic heterocycles. The van der Waals surface area contributed by atoms with Gasteiger partial charge in [0, 0.05) is 13.1 Å². The molecule has 78 valence electrons. The van der Waals surface area contributed by atoms with Gasteiger partial charge in [0.05, 0.1) is 12.1 Å². The van der Waals surface area contributed by atoms with Crippen LogP contribution in [0.5, 0.6) is 0 Å². The van der Waals surface area contributed by atoms with Crippen LogP contribution in [-0.2, 0) is 6.54 Å². The molecule has 0 atom stereocenters. The average Bonchev–Trinajstić information content (AvgIpc) is 2.61. The van der Waals surface area contributed by atoms with Crippen LogP contribution >= 0.6 is 0 Å². The van der Waals surface area contributed by atoms with E-state index in [0.29, 0.717) is 12.4 Å². The highest BCUT2D eigenvalue weighted by Crippen LogP contribution is 2.21. The SMILES string of the molecule is CC1(O)CCN(Cc2ncno2)CC1. The van der Waals surface area contributed by atoms with Gasteiger partial charge >= 0.3 is 0 Å². The van der Waals surface area contributed by atoms with Crippen LogP contribution in [-0.4, -0.2) is 38.8 Å². The molecule has 1 aliphatic rings. The first-order valence-corrected chi connectivity index (χ1v) is 4.86. The van der Waals surface area contributed by atoms with Crippen LogP contribution in [0, 0.1) is 0 Å². The Balaban J connectivity index is 1.85. The normalized spacial score (nSPS) is 22.4. The molecule has 0 radical (unpaired) electrons. The molecule has 0 amide bonds. The minimum atomic E-state index is -0.495. The van der Waals surface area contributed by atoms with Gasteiger partial charge in [0.1, 0.15) is 0 Å². The zero-order valence-electron chi connectivity index (χ0n) is 8.31. The monoisotopic (exact) mass is 197 g/mol. The molecule has 0 aliphatic carbocycles. The second-order valence-corrected chi connectivity index (χ2v) is 4.11. The summed E-state index contributed by atoms with van der Waals surface area (Å²) in [6.07, 6.45) is 3.03. The lowest BCUT2D eigenvalue weighted by atomic mass is 9.94. The van der Waals surface area contributed by atoms with Crippen molar-refractivity contribution >= 4 is 0 Å². The van der Waals surface area contributed by atoms with Crippen molar-refractivity contribution in [3.05, 3.63) is 12.2 Å². The third kappa shape index (κ3) is 2.30. The number of aliphatic hydroxyl groups is 1. The Morgan fingerprint density at radius 3 is 2.86 bits per heavy atom. The van der Waals surface area contributed by atoms with E-state index in [1.165, 1.54) is 6.33 Å². The van der Waals surface area contributed by atoms with Gasteiger partial charge in [-0.25, -0.2) is 0 Å². The van der Waals surface area contributed by atoms with Gasteiger partial charge in [-0.15, -0.1) is 0 Å². The Kier molecular flexibility index (Phi) is 2.52. The topological polar surface area (TPSA) is 62.4 Å². The van der Waals surface area contributed by atoms with E-state index >= 15 is 0 Å². The first-order chi connectivity index (χ1) is 6.66. The molecule has 14 heavy (non-hydrogen) atoms. The van der Waals surface area contributed by atoms with Crippen LogP contribution in [0.1, 0.15) is 25.7 Å². The highest BCUT2D eigenvalue weighted by Gasteiger charge is 2.27. The van der Waals surface area contributed by atoms with Gasteiger partial charge < -0.3 is 9.63 Å². The second-order valence-electron chi connectivity index (χ2n) is 4.11. The zero-order valence-corrected chi connectivity index (χ0v) is 8.31. The molecule has 1 aromatic rings. The lowest BCUT2D eigenvalue weighted by Crippen LogP contribution is -2.41. The Labute approximate surface area is 82.7 Å². The minimum absolute atomic E-state index is 0.495. The molecule has 0 bridgehead atoms. The summed E-state index contributed by atoms with van der Waals surface area (Å²) in [6, 6.07) is 0. The molecule has 2 heterocycles. The summed E-state index contributed by atoms with van der Waals surface area (Å²) in [5.41, 5.74) is -0.495. The van der Waals surface area contributed by atoms with E-state index in [-0.39, 0.29) is 0 Å². The van der Waals surface area contributed by atoms with Crippen LogP contribution < -0.4 is 0 Å². The van der Waals surface area contributed by atoms with E-state index in [1.54, 1.807) is 0 Å². The van der Waals surface area contributed by atoms with Crippen molar-refractivity contribution in [3.8, 4) is 0 Å². The number of likely N-dealkylation sites (tertiary alicyclic amines) is 1. The summed E-state index contributed by atoms with van der Waals surface area (Å²) in [7, 11) is 0. The summed E-state index contributed by atoms with van der Waals surface area (Å²) in [4.78, 5) is 6.18. The van der Waals surface area contributed by atoms with Crippen molar-refractivity contribution < 1.29 is 9.63 Å². The van der Waals surface area contributed by atoms with Crippen molar-refractivity contribution in [1.29, 1.82) is 0 Å². The van der Waals surface area contributed by atoms with Crippen LogP contribution in [0.4, 0.5) is 0 Å². The number of hydrogen-bond donors (Lipinski definition) is 1. The molecule has 2 rings (SSSR count). The Morgan fingerprint density at radius 1 is 1.57 bits per heavy atom. The van der Waals surface area contributed by atoms with Gasteiger partial charge in [0.25, 0.3) is 0 Å². The molecule has 1 N–H and O–H groups in total. The summed E-state index contributed by atoms with van der Waals surface area (Å²) in [5.74, 6) is 0.645. The predicted octanol–water partition coefficient (Wildman–Crippen LogP) is 0.416. The number of nitrogens with zero attached hydrogens (tertiary/aromatic N) is 3. The molecular weight excluding hydrogens is 182 g/mol. The van der Waals surface area contributed by atoms with Crippen LogP contribution in [0.25, 0.3) is 0 Å². The standard InChI is InChI=1S/C9H15N3O2/c1-9(13)2-4-12(5-3-9)6-8-10-7-11-14-8/h7,13H,2-6H2,1H3. The van der Waals surface area contributed by atoms with E-state index in [9.17, 15) is 5.11 Å². The first-order valence-electron chi connectivity index (χ1n) is 4.86. The maximum atomic E-state index is 9.74. The Hall–Kier alpha value is -0.940. The number of aromatic nitrogens is 2. The Morgan fingerprint density at radius 2 is 2.29 bits per heavy atom. The van der Waals surface area contributed by atoms with Gasteiger partial charge in [-0.3, -0.25) is 4.90 Å². The van der Waals surface area contributed by atoms with Gasteiger partial charge in [0.2, 0.25) is 5.89 Å². The van der Waals surface area contributed by atoms with Gasteiger partial charge in [-0.1, -0.05) is 5.16 Å². The molecule has 1 aliphatic heterocycles. The highest BCUT2D eigenvalue weighted by atomic mass is 16.5. The zero-order chi connectivity index (χ0) is 10.0. The van der Waals surface area contributed by atoms with Crippen molar-refractivity contribution in [2.75, 3.05) is 13.1 Å². The lowest BCUT2D eigenvalue weighted by molar-refractivity contribution is -0.00944. The summed E-state index contributed by atoms with van der Waals surface area (Å²) < 4.78 is 4.92. The molecule has 1 fully saturated rings. The van der Waals surface area contributed by atoms with E-state index in [4.69, 9.17) is 4.52 Å². The molecule has 0 spiro atoms. The predicted molar refractivity (Wildman–Crippen MR) is 49.4 cm³/mol. The molecule has 0 saturated carbocycles. The molecular formula is C9H15N3O2. The van der Waals surface area contributed by atoms with Crippen LogP contribution in [0.2, 0.25) is 0 Å². The molecule has 0 aromatic carbocycles. The van der Waals surface area contributed by atoms with Crippen molar-refractivity contribution in [1.82, 2.24) is 15.0 Å². The second kappa shape index (κ2) is 3.67. The van der Waals surface area contributed by atoms with Gasteiger partial charge in [-0.05, 0) is 19.8 Å². The summed E-state index contributed by atoms with van der Waals surface area (Å²) >= 11 is 0. The maximum absolute atomic E-state index is 9.74. The number of hydrogen-bond acceptors (Lipinski definition) is 5. The van der Waals surface area contributed by atoms with Crippen LogP contribution in [0.3, 0.4) is 0 Å². The van der Waals surface area contributed by atoms with Crippen molar-refractivity contribution in [2.45, 2.75) is 31.9 Å². The Bertz CT molecular complexity index is 274. The quantitative estimate of drug-likeness (QED) is 0.744. The van der Waals surface area contributed by atoms with E-state index in [1.807, 2.05) is 6.92 Å². The third-order valence-electron chi connectivity index (χ3n) is 2.70. The first kappa shape index (κ1) is 9.61. The van der Waals surface area contributed by atoms with Crippen LogP contribution in [0.15, 0.2) is 10.9 Å². The average molecular weight is 197 g/mol. The maximum Gasteiger partial charge on any atom is 0.240 e. The molecule has 0 unspecified atom stereocenters. The molecule has 1 saturated heterocycles. The van der Waals surface area contributed by atoms with Gasteiger partial charge in [0.15, 0.2) is 6.33 Å². The third-order valence-corrected chi connectivity index (χ3v) is 2.70.